The van der Waals surface area contributed by atoms with Crippen molar-refractivity contribution in [1.82, 2.24) is 0 Å². The number of unbranched alkanes of at least 4 members (excludes halogenated alkanes) is 2. The Morgan fingerprint density at radius 1 is 0.885 bits per heavy atom. The number of benzene rings is 1. The van der Waals surface area contributed by atoms with Crippen molar-refractivity contribution in [1.29, 1.82) is 0 Å². The Balaban J connectivity index is 1.70. The lowest BCUT2D eigenvalue weighted by atomic mass is 9.80. The van der Waals surface area contributed by atoms with Gasteiger partial charge >= 0.3 is 0 Å². The van der Waals surface area contributed by atoms with Gasteiger partial charge < -0.3 is 0 Å². The summed E-state index contributed by atoms with van der Waals surface area (Å²) in [6.07, 6.45) is 17.0. The molecule has 0 unspecified atom stereocenters. The summed E-state index contributed by atoms with van der Waals surface area (Å²) in [4.78, 5) is 0. The van der Waals surface area contributed by atoms with Crippen LogP contribution in [0.25, 0.3) is 0 Å². The van der Waals surface area contributed by atoms with Crippen molar-refractivity contribution in [2.24, 2.45) is 11.8 Å². The standard InChI is InChI=1S/C26H34/c1-3-5-8-12-24-19-21-26(22-20-24)14-10-7-6-9-13-25-17-15-23(11-4-2)16-18-25/h6-7,15-18,24,26H,3-5,8,11-12,19-22H2,1-2H3/b7-6+/t24-,26-. The van der Waals surface area contributed by atoms with Crippen LogP contribution in [-0.2, 0) is 6.42 Å². The summed E-state index contributed by atoms with van der Waals surface area (Å²) in [5.41, 5.74) is 2.46. The minimum atomic E-state index is 0.598. The molecule has 0 aliphatic heterocycles. The van der Waals surface area contributed by atoms with E-state index < -0.39 is 0 Å². The van der Waals surface area contributed by atoms with Gasteiger partial charge in [0.2, 0.25) is 0 Å². The van der Waals surface area contributed by atoms with Crippen molar-refractivity contribution in [2.75, 3.05) is 0 Å². The fraction of sp³-hybridized carbons (Fsp3) is 0.538. The van der Waals surface area contributed by atoms with E-state index in [9.17, 15) is 0 Å². The summed E-state index contributed by atoms with van der Waals surface area (Å²) < 4.78 is 0. The highest BCUT2D eigenvalue weighted by Crippen LogP contribution is 2.31. The second kappa shape index (κ2) is 12.4. The highest BCUT2D eigenvalue weighted by Gasteiger charge is 2.19. The smallest absolute Gasteiger partial charge is 0.0249 e. The number of hydrogen-bond acceptors (Lipinski definition) is 0. The number of allylic oxidation sites excluding steroid dienone is 2. The molecule has 0 heterocycles. The maximum atomic E-state index is 3.42. The lowest BCUT2D eigenvalue weighted by Gasteiger charge is -2.25. The van der Waals surface area contributed by atoms with E-state index in [1.54, 1.807) is 0 Å². The molecule has 0 amide bonds. The molecule has 1 aromatic rings. The summed E-state index contributed by atoms with van der Waals surface area (Å²) in [7, 11) is 0. The van der Waals surface area contributed by atoms with Gasteiger partial charge in [-0.25, -0.2) is 0 Å². The van der Waals surface area contributed by atoms with Crippen LogP contribution in [-0.4, -0.2) is 0 Å². The first kappa shape index (κ1) is 20.4. The second-order valence-electron chi connectivity index (χ2n) is 7.55. The van der Waals surface area contributed by atoms with Gasteiger partial charge in [0.25, 0.3) is 0 Å². The summed E-state index contributed by atoms with van der Waals surface area (Å²) in [6.45, 7) is 4.49. The Labute approximate surface area is 161 Å². The van der Waals surface area contributed by atoms with Crippen LogP contribution in [0.3, 0.4) is 0 Å². The third kappa shape index (κ3) is 7.97. The van der Waals surface area contributed by atoms with Crippen molar-refractivity contribution in [3.05, 3.63) is 47.5 Å². The quantitative estimate of drug-likeness (QED) is 0.387. The SMILES string of the molecule is CCCCC[C@H]1CC[C@H](C#C/C=C/C#Cc2ccc(CCC)cc2)CC1. The average Bonchev–Trinajstić information content (AvgIpc) is 2.67. The first-order valence-electron chi connectivity index (χ1n) is 10.6. The van der Waals surface area contributed by atoms with Gasteiger partial charge in [0.1, 0.15) is 0 Å². The third-order valence-corrected chi connectivity index (χ3v) is 5.31. The Bertz CT molecular complexity index is 646. The van der Waals surface area contributed by atoms with Crippen LogP contribution in [0.4, 0.5) is 0 Å². The van der Waals surface area contributed by atoms with Crippen molar-refractivity contribution in [2.45, 2.75) is 78.1 Å². The summed E-state index contributed by atoms with van der Waals surface area (Å²) in [6, 6.07) is 8.57. The predicted molar refractivity (Wildman–Crippen MR) is 114 cm³/mol. The fourth-order valence-electron chi connectivity index (χ4n) is 3.70. The highest BCUT2D eigenvalue weighted by atomic mass is 14.2. The zero-order valence-electron chi connectivity index (χ0n) is 16.7. The lowest BCUT2D eigenvalue weighted by Crippen LogP contribution is -2.13. The van der Waals surface area contributed by atoms with Gasteiger partial charge in [-0.1, -0.05) is 81.8 Å². The minimum Gasteiger partial charge on any atom is -0.0951 e. The van der Waals surface area contributed by atoms with Crippen LogP contribution in [0.15, 0.2) is 36.4 Å². The summed E-state index contributed by atoms with van der Waals surface area (Å²) in [5, 5.41) is 0. The topological polar surface area (TPSA) is 0 Å². The second-order valence-corrected chi connectivity index (χ2v) is 7.55. The van der Waals surface area contributed by atoms with Crippen LogP contribution in [0, 0.1) is 35.5 Å². The molecule has 0 atom stereocenters. The maximum Gasteiger partial charge on any atom is 0.0249 e. The van der Waals surface area contributed by atoms with E-state index >= 15 is 0 Å². The zero-order valence-corrected chi connectivity index (χ0v) is 16.7. The lowest BCUT2D eigenvalue weighted by molar-refractivity contribution is 0.294. The van der Waals surface area contributed by atoms with E-state index in [0.29, 0.717) is 5.92 Å². The van der Waals surface area contributed by atoms with Crippen LogP contribution in [0.2, 0.25) is 0 Å². The molecular weight excluding hydrogens is 312 g/mol. The third-order valence-electron chi connectivity index (χ3n) is 5.31. The van der Waals surface area contributed by atoms with E-state index in [4.69, 9.17) is 0 Å². The van der Waals surface area contributed by atoms with Gasteiger partial charge in [0.05, 0.1) is 0 Å². The molecule has 0 saturated heterocycles. The Hall–Kier alpha value is -1.92. The van der Waals surface area contributed by atoms with Crippen molar-refractivity contribution in [3.63, 3.8) is 0 Å². The Kier molecular flexibility index (Phi) is 9.75. The molecule has 26 heavy (non-hydrogen) atoms. The molecule has 1 aromatic carbocycles. The van der Waals surface area contributed by atoms with E-state index in [-0.39, 0.29) is 0 Å². The van der Waals surface area contributed by atoms with Crippen molar-refractivity contribution >= 4 is 0 Å². The number of rotatable bonds is 6. The van der Waals surface area contributed by atoms with Crippen LogP contribution in [0.5, 0.6) is 0 Å². The fourth-order valence-corrected chi connectivity index (χ4v) is 3.70. The summed E-state index contributed by atoms with van der Waals surface area (Å²) >= 11 is 0. The van der Waals surface area contributed by atoms with Crippen LogP contribution in [0.1, 0.15) is 82.8 Å². The van der Waals surface area contributed by atoms with Crippen molar-refractivity contribution in [3.8, 4) is 23.7 Å². The molecule has 1 saturated carbocycles. The van der Waals surface area contributed by atoms with Gasteiger partial charge in [0.15, 0.2) is 0 Å². The average molecular weight is 347 g/mol. The zero-order chi connectivity index (χ0) is 18.5. The van der Waals surface area contributed by atoms with Crippen molar-refractivity contribution < 1.29 is 0 Å². The molecule has 0 heteroatoms. The van der Waals surface area contributed by atoms with E-state index in [1.807, 2.05) is 12.2 Å². The molecule has 0 radical (unpaired) electrons. The first-order chi connectivity index (χ1) is 12.8. The predicted octanol–water partition coefficient (Wildman–Crippen LogP) is 6.94. The van der Waals surface area contributed by atoms with E-state index in [0.717, 1.165) is 17.9 Å². The molecule has 0 bridgehead atoms. The van der Waals surface area contributed by atoms with Crippen LogP contribution < -0.4 is 0 Å². The van der Waals surface area contributed by atoms with Gasteiger partial charge in [-0.05, 0) is 67.9 Å². The number of hydrogen-bond donors (Lipinski definition) is 0. The molecule has 0 aromatic heterocycles. The largest absolute Gasteiger partial charge is 0.0951 e. The minimum absolute atomic E-state index is 0.598. The molecule has 0 spiro atoms. The van der Waals surface area contributed by atoms with Gasteiger partial charge in [0, 0.05) is 11.5 Å². The highest BCUT2D eigenvalue weighted by molar-refractivity contribution is 5.39. The molecule has 1 aliphatic carbocycles. The van der Waals surface area contributed by atoms with Gasteiger partial charge in [-0.2, -0.15) is 0 Å². The van der Waals surface area contributed by atoms with E-state index in [1.165, 1.54) is 63.4 Å². The van der Waals surface area contributed by atoms with Gasteiger partial charge in [-0.15, -0.1) is 0 Å². The maximum absolute atomic E-state index is 3.42. The molecule has 0 N–H and O–H groups in total. The van der Waals surface area contributed by atoms with E-state index in [2.05, 4.69) is 61.8 Å². The molecule has 0 nitrogen and oxygen atoms in total. The molecule has 138 valence electrons. The number of aryl methyl sites for hydroxylation is 1. The Morgan fingerprint density at radius 3 is 2.31 bits per heavy atom. The van der Waals surface area contributed by atoms with Crippen LogP contribution >= 0.6 is 0 Å². The monoisotopic (exact) mass is 346 g/mol. The Morgan fingerprint density at radius 2 is 1.62 bits per heavy atom. The molecule has 1 fully saturated rings. The van der Waals surface area contributed by atoms with Gasteiger partial charge in [-0.3, -0.25) is 0 Å². The normalized spacial score (nSPS) is 19.5. The molecule has 2 rings (SSSR count). The molecular formula is C26H34. The first-order valence-corrected chi connectivity index (χ1v) is 10.6. The summed E-state index contributed by atoms with van der Waals surface area (Å²) in [5.74, 6) is 14.5. The molecule has 1 aliphatic rings.